The van der Waals surface area contributed by atoms with E-state index in [0.717, 1.165) is 0 Å². The van der Waals surface area contributed by atoms with Crippen LogP contribution in [0.5, 0.6) is 11.5 Å². The van der Waals surface area contributed by atoms with Crippen molar-refractivity contribution in [3.63, 3.8) is 0 Å². The first kappa shape index (κ1) is 19.3. The number of para-hydroxylation sites is 2. The van der Waals surface area contributed by atoms with Gasteiger partial charge in [0.05, 0.1) is 6.26 Å². The summed E-state index contributed by atoms with van der Waals surface area (Å²) in [7, 11) is 0. The number of hydrogen-bond acceptors (Lipinski definition) is 6. The number of rotatable bonds is 5. The second-order valence-corrected chi connectivity index (χ2v) is 6.52. The van der Waals surface area contributed by atoms with Crippen LogP contribution >= 0.6 is 0 Å². The van der Waals surface area contributed by atoms with Gasteiger partial charge in [-0.15, -0.1) is 0 Å². The average Bonchev–Trinajstić information content (AvgIpc) is 3.24. The fourth-order valence-corrected chi connectivity index (χ4v) is 2.59. The molecule has 9 nitrogen and oxygen atoms in total. The number of hydrazine groups is 1. The van der Waals surface area contributed by atoms with E-state index in [1.807, 2.05) is 0 Å². The second-order valence-electron chi connectivity index (χ2n) is 6.52. The van der Waals surface area contributed by atoms with Gasteiger partial charge in [0.15, 0.2) is 17.3 Å². The highest BCUT2D eigenvalue weighted by Gasteiger charge is 2.30. The first-order chi connectivity index (χ1) is 13.5. The molecule has 148 valence electrons. The lowest BCUT2D eigenvalue weighted by Crippen LogP contribution is -2.57. The zero-order valence-corrected chi connectivity index (χ0v) is 15.4. The van der Waals surface area contributed by atoms with Crippen LogP contribution in [0.15, 0.2) is 47.1 Å². The fraction of sp³-hybridized carbons (Fsp3) is 0.316. The third-order valence-electron chi connectivity index (χ3n) is 4.09. The maximum atomic E-state index is 12.4. The van der Waals surface area contributed by atoms with Crippen LogP contribution in [-0.2, 0) is 9.59 Å². The molecule has 9 heteroatoms. The van der Waals surface area contributed by atoms with Crippen molar-refractivity contribution in [2.75, 3.05) is 6.61 Å². The Bertz CT molecular complexity index is 849. The van der Waals surface area contributed by atoms with Crippen LogP contribution in [0.4, 0.5) is 0 Å². The molecule has 1 aliphatic heterocycles. The Labute approximate surface area is 161 Å². The number of furan rings is 1. The van der Waals surface area contributed by atoms with Gasteiger partial charge in [0.2, 0.25) is 6.10 Å². The van der Waals surface area contributed by atoms with Gasteiger partial charge in [0, 0.05) is 0 Å². The molecule has 3 N–H and O–H groups in total. The van der Waals surface area contributed by atoms with Crippen LogP contribution in [0, 0.1) is 5.92 Å². The third kappa shape index (κ3) is 4.43. The molecule has 0 saturated carbocycles. The molecule has 1 aromatic carbocycles. The van der Waals surface area contributed by atoms with E-state index in [2.05, 4.69) is 16.2 Å². The SMILES string of the molecule is CC(C)[C@H](NC(=O)c1ccco1)C(=O)NNC(=O)[C@H]1COc2ccccc2O1. The summed E-state index contributed by atoms with van der Waals surface area (Å²) in [6.45, 7) is 3.55. The molecule has 0 fully saturated rings. The quantitative estimate of drug-likeness (QED) is 0.659. The predicted molar refractivity (Wildman–Crippen MR) is 97.4 cm³/mol. The van der Waals surface area contributed by atoms with Crippen molar-refractivity contribution in [1.82, 2.24) is 16.2 Å². The van der Waals surface area contributed by atoms with E-state index in [1.54, 1.807) is 44.2 Å². The summed E-state index contributed by atoms with van der Waals surface area (Å²) in [4.78, 5) is 36.8. The lowest BCUT2D eigenvalue weighted by molar-refractivity contribution is -0.135. The van der Waals surface area contributed by atoms with Crippen molar-refractivity contribution < 1.29 is 28.3 Å². The molecule has 2 heterocycles. The summed E-state index contributed by atoms with van der Waals surface area (Å²) in [5, 5.41) is 2.58. The van der Waals surface area contributed by atoms with Gasteiger partial charge in [0.1, 0.15) is 12.6 Å². The van der Waals surface area contributed by atoms with E-state index in [1.165, 1.54) is 12.3 Å². The first-order valence-corrected chi connectivity index (χ1v) is 8.78. The van der Waals surface area contributed by atoms with Crippen molar-refractivity contribution in [1.29, 1.82) is 0 Å². The molecular formula is C19H21N3O6. The number of ether oxygens (including phenoxy) is 2. The zero-order valence-electron chi connectivity index (χ0n) is 15.4. The normalized spacial score (nSPS) is 16.2. The van der Waals surface area contributed by atoms with E-state index < -0.39 is 29.9 Å². The van der Waals surface area contributed by atoms with E-state index in [9.17, 15) is 14.4 Å². The third-order valence-corrected chi connectivity index (χ3v) is 4.09. The molecule has 0 spiro atoms. The summed E-state index contributed by atoms with van der Waals surface area (Å²) in [5.41, 5.74) is 4.62. The molecule has 2 atom stereocenters. The maximum Gasteiger partial charge on any atom is 0.287 e. The number of benzene rings is 1. The lowest BCUT2D eigenvalue weighted by atomic mass is 10.0. The van der Waals surface area contributed by atoms with Gasteiger partial charge in [-0.2, -0.15) is 0 Å². The number of nitrogens with one attached hydrogen (secondary N) is 3. The van der Waals surface area contributed by atoms with Gasteiger partial charge in [-0.1, -0.05) is 26.0 Å². The molecule has 2 aromatic rings. The van der Waals surface area contributed by atoms with Crippen molar-refractivity contribution in [2.24, 2.45) is 5.92 Å². The molecule has 0 unspecified atom stereocenters. The number of amides is 3. The van der Waals surface area contributed by atoms with Crippen LogP contribution in [0.3, 0.4) is 0 Å². The number of hydrogen-bond donors (Lipinski definition) is 3. The van der Waals surface area contributed by atoms with Crippen LogP contribution in [0.1, 0.15) is 24.4 Å². The van der Waals surface area contributed by atoms with Gasteiger partial charge < -0.3 is 19.2 Å². The molecule has 3 rings (SSSR count). The van der Waals surface area contributed by atoms with E-state index in [-0.39, 0.29) is 18.3 Å². The van der Waals surface area contributed by atoms with E-state index in [0.29, 0.717) is 11.5 Å². The van der Waals surface area contributed by atoms with Gasteiger partial charge >= 0.3 is 0 Å². The smallest absolute Gasteiger partial charge is 0.287 e. The Balaban J connectivity index is 1.54. The summed E-state index contributed by atoms with van der Waals surface area (Å²) in [6, 6.07) is 9.17. The molecule has 0 radical (unpaired) electrons. The van der Waals surface area contributed by atoms with Crippen LogP contribution in [-0.4, -0.2) is 36.5 Å². The van der Waals surface area contributed by atoms with Crippen molar-refractivity contribution in [2.45, 2.75) is 26.0 Å². The Morgan fingerprint density at radius 2 is 1.79 bits per heavy atom. The molecule has 3 amide bonds. The van der Waals surface area contributed by atoms with Gasteiger partial charge in [-0.3, -0.25) is 25.2 Å². The highest BCUT2D eigenvalue weighted by atomic mass is 16.6. The summed E-state index contributed by atoms with van der Waals surface area (Å²) >= 11 is 0. The predicted octanol–water partition coefficient (Wildman–Crippen LogP) is 1.02. The Kier molecular flexibility index (Phi) is 5.83. The largest absolute Gasteiger partial charge is 0.485 e. The highest BCUT2D eigenvalue weighted by Crippen LogP contribution is 2.30. The number of carbonyl (C=O) groups excluding carboxylic acids is 3. The summed E-state index contributed by atoms with van der Waals surface area (Å²) < 4.78 is 16.1. The van der Waals surface area contributed by atoms with E-state index >= 15 is 0 Å². The summed E-state index contributed by atoms with van der Waals surface area (Å²) in [5.74, 6) is -0.790. The minimum absolute atomic E-state index is 0.0154. The van der Waals surface area contributed by atoms with Crippen molar-refractivity contribution >= 4 is 17.7 Å². The fourth-order valence-electron chi connectivity index (χ4n) is 2.59. The van der Waals surface area contributed by atoms with Gasteiger partial charge in [-0.05, 0) is 30.2 Å². The van der Waals surface area contributed by atoms with Crippen LogP contribution in [0.2, 0.25) is 0 Å². The molecule has 28 heavy (non-hydrogen) atoms. The minimum atomic E-state index is -0.912. The van der Waals surface area contributed by atoms with Gasteiger partial charge in [-0.25, -0.2) is 0 Å². The molecular weight excluding hydrogens is 366 g/mol. The average molecular weight is 387 g/mol. The first-order valence-electron chi connectivity index (χ1n) is 8.78. The lowest BCUT2D eigenvalue weighted by Gasteiger charge is -2.26. The van der Waals surface area contributed by atoms with Crippen molar-refractivity contribution in [3.8, 4) is 11.5 Å². The molecule has 0 aliphatic carbocycles. The van der Waals surface area contributed by atoms with Crippen molar-refractivity contribution in [3.05, 3.63) is 48.4 Å². The monoisotopic (exact) mass is 387 g/mol. The Hall–Kier alpha value is -3.49. The standard InChI is InChI=1S/C19H21N3O6/c1-11(2)16(20-17(23)14-8-5-9-26-14)19(25)22-21-18(24)15-10-27-12-6-3-4-7-13(12)28-15/h3-9,11,15-16H,10H2,1-2H3,(H,20,23)(H,21,24)(H,22,25)/t15-,16+/m1/s1. The topological polar surface area (TPSA) is 119 Å². The molecule has 1 aromatic heterocycles. The molecule has 0 bridgehead atoms. The molecule has 0 saturated heterocycles. The zero-order chi connectivity index (χ0) is 20.1. The number of fused-ring (bicyclic) bond motifs is 1. The molecule has 1 aliphatic rings. The number of carbonyl (C=O) groups is 3. The summed E-state index contributed by atoms with van der Waals surface area (Å²) in [6.07, 6.45) is 0.453. The van der Waals surface area contributed by atoms with E-state index in [4.69, 9.17) is 13.9 Å². The van der Waals surface area contributed by atoms with Gasteiger partial charge in [0.25, 0.3) is 17.7 Å². The minimum Gasteiger partial charge on any atom is -0.485 e. The maximum absolute atomic E-state index is 12.4. The Morgan fingerprint density at radius 1 is 1.04 bits per heavy atom. The highest BCUT2D eigenvalue weighted by molar-refractivity contribution is 5.96. The Morgan fingerprint density at radius 3 is 2.46 bits per heavy atom. The second kappa shape index (κ2) is 8.47. The van der Waals surface area contributed by atoms with Crippen LogP contribution in [0.25, 0.3) is 0 Å². The van der Waals surface area contributed by atoms with Crippen LogP contribution < -0.4 is 25.6 Å².